The van der Waals surface area contributed by atoms with Crippen molar-refractivity contribution < 1.29 is 72.5 Å². The van der Waals surface area contributed by atoms with E-state index in [1.807, 2.05) is 6.07 Å². The van der Waals surface area contributed by atoms with Crippen LogP contribution >= 0.6 is 23.2 Å². The molecule has 53 heavy (non-hydrogen) atoms. The lowest BCUT2D eigenvalue weighted by Crippen LogP contribution is -2.50. The highest BCUT2D eigenvalue weighted by Crippen LogP contribution is 2.55. The molecule has 0 aliphatic heterocycles. The maximum absolute atomic E-state index is 14.8. The van der Waals surface area contributed by atoms with E-state index in [1.54, 1.807) is 0 Å². The topological polar surface area (TPSA) is 124 Å². The molecule has 1 aliphatic rings. The maximum atomic E-state index is 14.8. The van der Waals surface area contributed by atoms with Gasteiger partial charge >= 0.3 is 30.5 Å². The Bertz CT molecular complexity index is 1940. The molecule has 286 valence electrons. The number of alkyl halides is 10. The van der Waals surface area contributed by atoms with Crippen LogP contribution in [0, 0.1) is 16.7 Å². The van der Waals surface area contributed by atoms with Crippen molar-refractivity contribution in [2.75, 3.05) is 13.3 Å². The SMILES string of the molecule is CC(C)(C=O)COC(=O)OCN(C(=O)c1cc(-c2cnn(-c3c(Cl)cc(C(F)(C(F)(F)F)C(F)(F)F)cc3OC(F)(F)F)c2)ccc1Cl)C1(C#N)CC1. The lowest BCUT2D eigenvalue weighted by Gasteiger charge is -2.31. The van der Waals surface area contributed by atoms with Gasteiger partial charge in [0, 0.05) is 17.3 Å². The smallest absolute Gasteiger partial charge is 0.433 e. The molecule has 1 heterocycles. The van der Waals surface area contributed by atoms with Crippen LogP contribution in [0.3, 0.4) is 0 Å². The molecule has 0 radical (unpaired) electrons. The third-order valence-corrected chi connectivity index (χ3v) is 8.28. The Labute approximate surface area is 301 Å². The summed E-state index contributed by atoms with van der Waals surface area (Å²) < 4.78 is 149. The quantitative estimate of drug-likeness (QED) is 0.0815. The first-order valence-electron chi connectivity index (χ1n) is 14.6. The standard InChI is InChI=1S/C31H22Cl2F10N4O6/c1-26(2,13-48)14-51-25(50)52-15-46(27(12-44)5-6-27)24(49)19-7-16(3-4-20(19)32)17-10-45-47(11-17)23-21(33)8-18(9-22(23)53-31(41,42)43)28(34,29(35,36)37)30(38,39)40/h3-4,7-11,13H,5-6,14-15H2,1-2H3. The van der Waals surface area contributed by atoms with Gasteiger partial charge in [-0.15, -0.1) is 13.2 Å². The fraction of sp³-hybridized carbons (Fsp3) is 0.387. The number of carbonyl (C=O) groups is 3. The summed E-state index contributed by atoms with van der Waals surface area (Å²) in [4.78, 5) is 37.9. The molecule has 2 aromatic carbocycles. The average molecular weight is 807 g/mol. The molecule has 0 saturated heterocycles. The van der Waals surface area contributed by atoms with E-state index in [0.717, 1.165) is 23.4 Å². The maximum Gasteiger partial charge on any atom is 0.573 e. The third-order valence-electron chi connectivity index (χ3n) is 7.66. The third kappa shape index (κ3) is 8.56. The number of halogens is 12. The number of hydrogen-bond donors (Lipinski definition) is 0. The van der Waals surface area contributed by atoms with Gasteiger partial charge in [0.2, 0.25) is 0 Å². The molecule has 1 amide bonds. The minimum atomic E-state index is -6.69. The second-order valence-electron chi connectivity index (χ2n) is 12.2. The van der Waals surface area contributed by atoms with Crippen molar-refractivity contribution in [3.8, 4) is 28.6 Å². The predicted octanol–water partition coefficient (Wildman–Crippen LogP) is 8.87. The lowest BCUT2D eigenvalue weighted by molar-refractivity contribution is -0.348. The van der Waals surface area contributed by atoms with Crippen molar-refractivity contribution >= 4 is 41.6 Å². The molecule has 0 N–H and O–H groups in total. The molecule has 0 spiro atoms. The average Bonchev–Trinajstić information content (AvgIpc) is 3.69. The van der Waals surface area contributed by atoms with Crippen LogP contribution in [0.25, 0.3) is 16.8 Å². The first-order valence-corrected chi connectivity index (χ1v) is 15.3. The van der Waals surface area contributed by atoms with Crippen molar-refractivity contribution in [3.05, 3.63) is 63.9 Å². The van der Waals surface area contributed by atoms with E-state index in [0.29, 0.717) is 11.0 Å². The number of rotatable bonds is 11. The Morgan fingerprint density at radius 2 is 1.58 bits per heavy atom. The normalized spacial score (nSPS) is 14.6. The van der Waals surface area contributed by atoms with Gasteiger partial charge in [0.05, 0.1) is 33.3 Å². The van der Waals surface area contributed by atoms with Crippen LogP contribution in [0.5, 0.6) is 5.75 Å². The number of benzene rings is 2. The zero-order chi connectivity index (χ0) is 39.9. The van der Waals surface area contributed by atoms with Crippen LogP contribution in [0.2, 0.25) is 10.0 Å². The summed E-state index contributed by atoms with van der Waals surface area (Å²) in [5.41, 5.74) is -12.3. The Kier molecular flexibility index (Phi) is 11.0. The summed E-state index contributed by atoms with van der Waals surface area (Å²) in [5, 5.41) is 12.1. The summed E-state index contributed by atoms with van der Waals surface area (Å²) in [7, 11) is 0. The van der Waals surface area contributed by atoms with E-state index in [1.165, 1.54) is 26.0 Å². The van der Waals surface area contributed by atoms with Crippen molar-refractivity contribution in [2.24, 2.45) is 5.41 Å². The molecule has 4 rings (SSSR count). The van der Waals surface area contributed by atoms with Crippen LogP contribution in [-0.4, -0.2) is 70.6 Å². The highest BCUT2D eigenvalue weighted by Gasteiger charge is 2.73. The second-order valence-corrected chi connectivity index (χ2v) is 13.0. The van der Waals surface area contributed by atoms with Crippen LogP contribution in [0.15, 0.2) is 42.7 Å². The van der Waals surface area contributed by atoms with E-state index in [-0.39, 0.29) is 47.2 Å². The molecular formula is C31H22Cl2F10N4O6. The number of amides is 1. The largest absolute Gasteiger partial charge is 0.573 e. The summed E-state index contributed by atoms with van der Waals surface area (Å²) in [6, 6.07) is 4.92. The summed E-state index contributed by atoms with van der Waals surface area (Å²) in [5.74, 6) is -2.72. The molecule has 22 heteroatoms. The summed E-state index contributed by atoms with van der Waals surface area (Å²) >= 11 is 12.2. The number of carbonyl (C=O) groups excluding carboxylic acids is 3. The van der Waals surface area contributed by atoms with Gasteiger partial charge in [0.1, 0.15) is 24.1 Å². The molecule has 1 aliphatic carbocycles. The van der Waals surface area contributed by atoms with E-state index < -0.39 is 82.2 Å². The number of hydrogen-bond acceptors (Lipinski definition) is 8. The van der Waals surface area contributed by atoms with E-state index in [4.69, 9.17) is 32.7 Å². The summed E-state index contributed by atoms with van der Waals surface area (Å²) in [6.45, 7) is 1.78. The molecule has 0 bridgehead atoms. The van der Waals surface area contributed by atoms with Gasteiger partial charge in [-0.2, -0.15) is 36.7 Å². The fourth-order valence-corrected chi connectivity index (χ4v) is 5.16. The molecule has 1 aromatic heterocycles. The van der Waals surface area contributed by atoms with Crippen molar-refractivity contribution in [1.29, 1.82) is 5.26 Å². The van der Waals surface area contributed by atoms with Gasteiger partial charge in [-0.1, -0.05) is 29.3 Å². The number of aldehydes is 1. The van der Waals surface area contributed by atoms with Crippen molar-refractivity contribution in [3.63, 3.8) is 0 Å². The minimum Gasteiger partial charge on any atom is -0.433 e. The van der Waals surface area contributed by atoms with Crippen LogP contribution in [0.4, 0.5) is 48.7 Å². The monoisotopic (exact) mass is 806 g/mol. The first-order chi connectivity index (χ1) is 24.3. The summed E-state index contributed by atoms with van der Waals surface area (Å²) in [6.07, 6.45) is -17.7. The lowest BCUT2D eigenvalue weighted by atomic mass is 9.93. The number of nitriles is 1. The van der Waals surface area contributed by atoms with Crippen molar-refractivity contribution in [2.45, 2.75) is 56.6 Å². The van der Waals surface area contributed by atoms with Gasteiger partial charge in [0.15, 0.2) is 12.5 Å². The molecule has 1 saturated carbocycles. The molecule has 0 unspecified atom stereocenters. The van der Waals surface area contributed by atoms with Gasteiger partial charge in [-0.25, -0.2) is 13.9 Å². The van der Waals surface area contributed by atoms with Gasteiger partial charge in [-0.3, -0.25) is 9.69 Å². The Balaban J connectivity index is 1.72. The molecule has 3 aromatic rings. The second kappa shape index (κ2) is 14.2. The highest BCUT2D eigenvalue weighted by atomic mass is 35.5. The Hall–Kier alpha value is -4.77. The van der Waals surface area contributed by atoms with Crippen LogP contribution < -0.4 is 4.74 Å². The number of ether oxygens (including phenoxy) is 3. The Morgan fingerprint density at radius 3 is 2.11 bits per heavy atom. The fourth-order valence-electron chi connectivity index (χ4n) is 4.67. The van der Waals surface area contributed by atoms with Crippen LogP contribution in [0.1, 0.15) is 42.6 Å². The Morgan fingerprint density at radius 1 is 0.962 bits per heavy atom. The highest BCUT2D eigenvalue weighted by molar-refractivity contribution is 6.34. The van der Waals surface area contributed by atoms with E-state index >= 15 is 0 Å². The van der Waals surface area contributed by atoms with E-state index in [9.17, 15) is 63.5 Å². The number of aromatic nitrogens is 2. The zero-order valence-electron chi connectivity index (χ0n) is 26.7. The molecule has 10 nitrogen and oxygen atoms in total. The minimum absolute atomic E-state index is 0.0464. The van der Waals surface area contributed by atoms with Crippen molar-refractivity contribution in [1.82, 2.24) is 14.7 Å². The molecular weight excluding hydrogens is 785 g/mol. The molecule has 1 fully saturated rings. The first kappa shape index (κ1) is 41.0. The number of nitrogens with zero attached hydrogens (tertiary/aromatic N) is 4. The predicted molar refractivity (Wildman–Crippen MR) is 161 cm³/mol. The van der Waals surface area contributed by atoms with Crippen LogP contribution in [-0.2, 0) is 19.9 Å². The zero-order valence-corrected chi connectivity index (χ0v) is 28.2. The van der Waals surface area contributed by atoms with Gasteiger partial charge in [0.25, 0.3) is 5.91 Å². The van der Waals surface area contributed by atoms with E-state index in [2.05, 4.69) is 9.84 Å². The van der Waals surface area contributed by atoms with Gasteiger partial charge < -0.3 is 19.0 Å². The van der Waals surface area contributed by atoms with Gasteiger partial charge in [-0.05, 0) is 56.5 Å². The molecule has 0 atom stereocenters.